The smallest absolute Gasteiger partial charge is 0.181 e. The second-order valence-electron chi connectivity index (χ2n) is 7.60. The van der Waals surface area contributed by atoms with E-state index in [2.05, 4.69) is 49.1 Å². The minimum absolute atomic E-state index is 0.0501. The monoisotopic (exact) mass is 419 g/mol. The molecule has 3 aromatic rings. The van der Waals surface area contributed by atoms with Gasteiger partial charge in [0.15, 0.2) is 9.84 Å². The van der Waals surface area contributed by atoms with Gasteiger partial charge in [-0.25, -0.2) is 8.42 Å². The van der Waals surface area contributed by atoms with Crippen LogP contribution in [0.25, 0.3) is 11.1 Å². The Morgan fingerprint density at radius 3 is 2.47 bits per heavy atom. The van der Waals surface area contributed by atoms with Crippen molar-refractivity contribution in [1.29, 1.82) is 0 Å². The maximum atomic E-state index is 12.7. The third-order valence-electron chi connectivity index (χ3n) is 5.54. The molecule has 0 fully saturated rings. The summed E-state index contributed by atoms with van der Waals surface area (Å²) in [6, 6.07) is 20.6. The molecule has 4 nitrogen and oxygen atoms in total. The van der Waals surface area contributed by atoms with Gasteiger partial charge in [-0.15, -0.1) is 0 Å². The second kappa shape index (κ2) is 8.00. The Morgan fingerprint density at radius 2 is 1.73 bits per heavy atom. The molecule has 1 aliphatic heterocycles. The Morgan fingerprint density at radius 1 is 1.00 bits per heavy atom. The summed E-state index contributed by atoms with van der Waals surface area (Å²) in [5.41, 5.74) is 5.97. The summed E-state index contributed by atoms with van der Waals surface area (Å²) in [7, 11) is -3.47. The van der Waals surface area contributed by atoms with Crippen LogP contribution < -0.4 is 4.90 Å². The molecule has 3 aromatic carbocycles. The van der Waals surface area contributed by atoms with Gasteiger partial charge in [-0.1, -0.05) is 55.0 Å². The fourth-order valence-electron chi connectivity index (χ4n) is 4.07. The standard InChI is InChI=1S/C25H25NO3S/c1-3-24-22-14-9-18(2)17-23(22)21-7-4-5-8-25(21)26(24)15-6-16-30(28,29)20-12-10-19(27)11-13-20/h4-15,17,24,27H,3,16H2,1-2H3. The van der Waals surface area contributed by atoms with E-state index in [1.165, 1.54) is 41.0 Å². The van der Waals surface area contributed by atoms with E-state index in [0.717, 1.165) is 17.7 Å². The Hall–Kier alpha value is -3.05. The largest absolute Gasteiger partial charge is 0.508 e. The lowest BCUT2D eigenvalue weighted by Crippen LogP contribution is -2.27. The first kappa shape index (κ1) is 20.2. The highest BCUT2D eigenvalue weighted by molar-refractivity contribution is 7.91. The summed E-state index contributed by atoms with van der Waals surface area (Å²) < 4.78 is 25.3. The first-order valence-electron chi connectivity index (χ1n) is 10.1. The molecule has 154 valence electrons. The number of anilines is 1. The number of phenolic OH excluding ortho intramolecular Hbond substituents is 1. The third kappa shape index (κ3) is 3.73. The molecule has 1 atom stereocenters. The van der Waals surface area contributed by atoms with Gasteiger partial charge in [0, 0.05) is 17.5 Å². The second-order valence-corrected chi connectivity index (χ2v) is 9.63. The Bertz CT molecular complexity index is 1200. The van der Waals surface area contributed by atoms with Crippen molar-refractivity contribution in [2.24, 2.45) is 0 Å². The van der Waals surface area contributed by atoms with Crippen molar-refractivity contribution >= 4 is 15.5 Å². The fraction of sp³-hybridized carbons (Fsp3) is 0.200. The molecule has 30 heavy (non-hydrogen) atoms. The zero-order chi connectivity index (χ0) is 21.3. The van der Waals surface area contributed by atoms with Crippen molar-refractivity contribution < 1.29 is 13.5 Å². The van der Waals surface area contributed by atoms with Gasteiger partial charge in [0.25, 0.3) is 0 Å². The van der Waals surface area contributed by atoms with E-state index in [4.69, 9.17) is 0 Å². The van der Waals surface area contributed by atoms with Crippen LogP contribution in [0, 0.1) is 6.92 Å². The minimum atomic E-state index is -3.47. The van der Waals surface area contributed by atoms with Crippen molar-refractivity contribution in [3.8, 4) is 16.9 Å². The molecule has 5 heteroatoms. The van der Waals surface area contributed by atoms with E-state index in [0.29, 0.717) is 0 Å². The maximum absolute atomic E-state index is 12.7. The van der Waals surface area contributed by atoms with Crippen LogP contribution >= 0.6 is 0 Å². The van der Waals surface area contributed by atoms with Gasteiger partial charge in [0.1, 0.15) is 5.75 Å². The van der Waals surface area contributed by atoms with Gasteiger partial charge < -0.3 is 10.0 Å². The molecule has 0 saturated carbocycles. The van der Waals surface area contributed by atoms with Gasteiger partial charge in [-0.3, -0.25) is 0 Å². The summed E-state index contributed by atoms with van der Waals surface area (Å²) in [6.45, 7) is 4.25. The topological polar surface area (TPSA) is 57.6 Å². The number of hydrogen-bond donors (Lipinski definition) is 1. The molecule has 0 bridgehead atoms. The first-order valence-corrected chi connectivity index (χ1v) is 11.7. The van der Waals surface area contributed by atoms with Crippen LogP contribution in [0.2, 0.25) is 0 Å². The highest BCUT2D eigenvalue weighted by Gasteiger charge is 2.28. The predicted molar refractivity (Wildman–Crippen MR) is 121 cm³/mol. The zero-order valence-electron chi connectivity index (χ0n) is 17.1. The number of benzene rings is 3. The van der Waals surface area contributed by atoms with Crippen molar-refractivity contribution in [2.75, 3.05) is 10.7 Å². The maximum Gasteiger partial charge on any atom is 0.181 e. The number of fused-ring (bicyclic) bond motifs is 3. The number of rotatable bonds is 5. The van der Waals surface area contributed by atoms with Crippen molar-refractivity contribution in [1.82, 2.24) is 0 Å². The van der Waals surface area contributed by atoms with Gasteiger partial charge in [0.2, 0.25) is 0 Å². The molecule has 0 amide bonds. The van der Waals surface area contributed by atoms with Crippen molar-refractivity contribution in [2.45, 2.75) is 31.2 Å². The Kier molecular flexibility index (Phi) is 5.39. The highest BCUT2D eigenvalue weighted by Crippen LogP contribution is 2.46. The molecule has 4 rings (SSSR count). The summed E-state index contributed by atoms with van der Waals surface area (Å²) >= 11 is 0. The van der Waals surface area contributed by atoms with E-state index in [-0.39, 0.29) is 22.4 Å². The van der Waals surface area contributed by atoms with Gasteiger partial charge in [0.05, 0.1) is 16.7 Å². The lowest BCUT2D eigenvalue weighted by molar-refractivity contribution is 0.475. The summed E-state index contributed by atoms with van der Waals surface area (Å²) in [4.78, 5) is 2.39. The minimum Gasteiger partial charge on any atom is -0.508 e. The molecule has 0 saturated heterocycles. The van der Waals surface area contributed by atoms with Crippen LogP contribution in [0.1, 0.15) is 30.5 Å². The average molecular weight is 420 g/mol. The van der Waals surface area contributed by atoms with E-state index >= 15 is 0 Å². The molecule has 0 spiro atoms. The number of nitrogens with zero attached hydrogens (tertiary/aromatic N) is 1. The SMILES string of the molecule is CCC1c2ccc(C)cc2-c2ccccc2N1C=CCS(=O)(=O)c1ccc(O)cc1. The van der Waals surface area contributed by atoms with Crippen LogP contribution in [0.3, 0.4) is 0 Å². The number of sulfone groups is 1. The number of aryl methyl sites for hydroxylation is 1. The number of para-hydroxylation sites is 1. The van der Waals surface area contributed by atoms with Crippen molar-refractivity contribution in [3.05, 3.63) is 90.1 Å². The fourth-order valence-corrected chi connectivity index (χ4v) is 5.15. The van der Waals surface area contributed by atoms with Crippen LogP contribution in [0.15, 0.2) is 83.9 Å². The lowest BCUT2D eigenvalue weighted by atomic mass is 9.86. The molecule has 0 aromatic heterocycles. The van der Waals surface area contributed by atoms with E-state index in [9.17, 15) is 13.5 Å². The van der Waals surface area contributed by atoms with E-state index < -0.39 is 9.84 Å². The Labute approximate surface area is 178 Å². The molecule has 1 N–H and O–H groups in total. The van der Waals surface area contributed by atoms with Gasteiger partial charge >= 0.3 is 0 Å². The third-order valence-corrected chi connectivity index (χ3v) is 7.16. The highest BCUT2D eigenvalue weighted by atomic mass is 32.2. The molecular formula is C25H25NO3S. The first-order chi connectivity index (χ1) is 14.4. The molecule has 1 heterocycles. The number of phenols is 1. The van der Waals surface area contributed by atoms with Crippen LogP contribution in [0.4, 0.5) is 5.69 Å². The van der Waals surface area contributed by atoms with Gasteiger partial charge in [-0.05, 0) is 54.8 Å². The molecule has 1 unspecified atom stereocenters. The number of hydrogen-bond acceptors (Lipinski definition) is 4. The summed E-state index contributed by atoms with van der Waals surface area (Å²) in [6.07, 6.45) is 4.51. The number of aromatic hydroxyl groups is 1. The normalized spacial score (nSPS) is 15.8. The summed E-state index contributed by atoms with van der Waals surface area (Å²) in [5.74, 6) is -0.0534. The predicted octanol–water partition coefficient (Wildman–Crippen LogP) is 5.63. The summed E-state index contributed by atoms with van der Waals surface area (Å²) in [5, 5.41) is 9.40. The van der Waals surface area contributed by atoms with Crippen LogP contribution in [-0.4, -0.2) is 19.3 Å². The van der Waals surface area contributed by atoms with Crippen molar-refractivity contribution in [3.63, 3.8) is 0 Å². The van der Waals surface area contributed by atoms with Crippen LogP contribution in [0.5, 0.6) is 5.75 Å². The quantitative estimate of drug-likeness (QED) is 0.583. The van der Waals surface area contributed by atoms with E-state index in [1.54, 1.807) is 6.08 Å². The molecule has 0 aliphatic carbocycles. The van der Waals surface area contributed by atoms with Gasteiger partial charge in [-0.2, -0.15) is 0 Å². The molecule has 1 aliphatic rings. The molecule has 0 radical (unpaired) electrons. The average Bonchev–Trinajstić information content (AvgIpc) is 2.74. The zero-order valence-corrected chi connectivity index (χ0v) is 17.9. The van der Waals surface area contributed by atoms with Crippen LogP contribution in [-0.2, 0) is 9.84 Å². The molecular weight excluding hydrogens is 394 g/mol. The lowest BCUT2D eigenvalue weighted by Gasteiger charge is -2.38. The Balaban J connectivity index is 1.68. The van der Waals surface area contributed by atoms with E-state index in [1.807, 2.05) is 18.3 Å².